The molecule has 0 heterocycles. The minimum absolute atomic E-state index is 0.0441. The molecule has 0 aliphatic heterocycles. The number of nitrogens with zero attached hydrogens (tertiary/aromatic N) is 1. The molecule has 0 saturated carbocycles. The normalized spacial score (nSPS) is 13.8. The number of aryl methyl sites for hydroxylation is 1. The Morgan fingerprint density at radius 2 is 1.70 bits per heavy atom. The SMILES string of the molecule is CCCCC(F)(F)C[C@@H](NC(=O)NC)C(=O)N(Cc1cccc(CC)c1)C[C@@H](O)[C@@H](N)Cc1cc(F)cc(F)c1. The Kier molecular flexibility index (Phi) is 12.9. The van der Waals surface area contributed by atoms with Crippen molar-refractivity contribution in [2.24, 2.45) is 5.73 Å². The number of unbranched alkanes of at least 4 members (excludes halogenated alkanes) is 1. The third-order valence-electron chi connectivity index (χ3n) is 6.61. The minimum Gasteiger partial charge on any atom is -0.390 e. The molecular weight excluding hydrogens is 528 g/mol. The number of benzene rings is 2. The number of amides is 3. The second-order valence-corrected chi connectivity index (χ2v) is 10.0. The maximum absolute atomic E-state index is 14.8. The van der Waals surface area contributed by atoms with Crippen LogP contribution in [-0.4, -0.2) is 59.6 Å². The summed E-state index contributed by atoms with van der Waals surface area (Å²) < 4.78 is 56.9. The Bertz CT molecular complexity index is 1100. The number of carbonyl (C=O) groups excluding carboxylic acids is 2. The van der Waals surface area contributed by atoms with Crippen molar-refractivity contribution in [1.82, 2.24) is 15.5 Å². The zero-order valence-electron chi connectivity index (χ0n) is 23.2. The number of nitrogens with one attached hydrogen (secondary N) is 2. The van der Waals surface area contributed by atoms with Crippen LogP contribution in [0.4, 0.5) is 22.4 Å². The maximum atomic E-state index is 14.8. The molecule has 0 spiro atoms. The van der Waals surface area contributed by atoms with E-state index in [1.807, 2.05) is 19.1 Å². The summed E-state index contributed by atoms with van der Waals surface area (Å²) in [5, 5.41) is 15.5. The number of urea groups is 1. The number of aliphatic hydroxyl groups excluding tert-OH is 1. The van der Waals surface area contributed by atoms with Gasteiger partial charge in [-0.3, -0.25) is 4.79 Å². The van der Waals surface area contributed by atoms with E-state index < -0.39 is 60.5 Å². The highest BCUT2D eigenvalue weighted by molar-refractivity contribution is 5.87. The summed E-state index contributed by atoms with van der Waals surface area (Å²) in [5.41, 5.74) is 8.03. The molecule has 11 heteroatoms. The van der Waals surface area contributed by atoms with Crippen LogP contribution in [0.2, 0.25) is 0 Å². The van der Waals surface area contributed by atoms with E-state index in [-0.39, 0.29) is 31.5 Å². The zero-order chi connectivity index (χ0) is 29.9. The number of nitrogens with two attached hydrogens (primary N) is 1. The van der Waals surface area contributed by atoms with Crippen molar-refractivity contribution in [2.75, 3.05) is 13.6 Å². The average molecular weight is 569 g/mol. The van der Waals surface area contributed by atoms with E-state index in [1.165, 1.54) is 11.9 Å². The van der Waals surface area contributed by atoms with Gasteiger partial charge in [-0.15, -0.1) is 0 Å². The van der Waals surface area contributed by atoms with Crippen molar-refractivity contribution >= 4 is 11.9 Å². The monoisotopic (exact) mass is 568 g/mol. The smallest absolute Gasteiger partial charge is 0.315 e. The number of aliphatic hydroxyl groups is 1. The van der Waals surface area contributed by atoms with Crippen molar-refractivity contribution in [3.05, 3.63) is 70.8 Å². The number of hydrogen-bond donors (Lipinski definition) is 4. The second-order valence-electron chi connectivity index (χ2n) is 10.0. The molecule has 2 aromatic carbocycles. The summed E-state index contributed by atoms with van der Waals surface area (Å²) in [6, 6.07) is 6.82. The molecule has 0 bridgehead atoms. The lowest BCUT2D eigenvalue weighted by Gasteiger charge is -2.32. The van der Waals surface area contributed by atoms with Gasteiger partial charge in [-0.25, -0.2) is 22.4 Å². The van der Waals surface area contributed by atoms with E-state index in [0.717, 1.165) is 24.1 Å². The van der Waals surface area contributed by atoms with Crippen LogP contribution in [0, 0.1) is 11.6 Å². The van der Waals surface area contributed by atoms with Crippen LogP contribution in [0.3, 0.4) is 0 Å². The van der Waals surface area contributed by atoms with E-state index in [1.54, 1.807) is 19.1 Å². The number of carbonyl (C=O) groups is 2. The lowest BCUT2D eigenvalue weighted by atomic mass is 9.99. The number of alkyl halides is 2. The molecule has 2 rings (SSSR count). The summed E-state index contributed by atoms with van der Waals surface area (Å²) in [7, 11) is 1.30. The first-order chi connectivity index (χ1) is 18.9. The summed E-state index contributed by atoms with van der Waals surface area (Å²) in [6.07, 6.45) is -1.33. The first-order valence-corrected chi connectivity index (χ1v) is 13.5. The molecule has 0 saturated heterocycles. The van der Waals surface area contributed by atoms with Gasteiger partial charge in [0, 0.05) is 45.1 Å². The summed E-state index contributed by atoms with van der Waals surface area (Å²) in [4.78, 5) is 27.0. The van der Waals surface area contributed by atoms with Gasteiger partial charge in [-0.05, 0) is 48.1 Å². The third-order valence-corrected chi connectivity index (χ3v) is 6.61. The van der Waals surface area contributed by atoms with Gasteiger partial charge in [0.1, 0.15) is 17.7 Å². The van der Waals surface area contributed by atoms with E-state index in [0.29, 0.717) is 18.1 Å². The summed E-state index contributed by atoms with van der Waals surface area (Å²) >= 11 is 0. The van der Waals surface area contributed by atoms with Gasteiger partial charge < -0.3 is 26.4 Å². The largest absolute Gasteiger partial charge is 0.390 e. The molecule has 2 aromatic rings. The molecule has 0 aromatic heterocycles. The highest BCUT2D eigenvalue weighted by Crippen LogP contribution is 2.28. The van der Waals surface area contributed by atoms with Crippen LogP contribution in [-0.2, 0) is 24.2 Å². The average Bonchev–Trinajstić information content (AvgIpc) is 2.90. The van der Waals surface area contributed by atoms with E-state index in [2.05, 4.69) is 10.6 Å². The fraction of sp³-hybridized carbons (Fsp3) is 0.517. The molecule has 7 nitrogen and oxygen atoms in total. The third kappa shape index (κ3) is 10.8. The quantitative estimate of drug-likeness (QED) is 0.240. The van der Waals surface area contributed by atoms with Crippen molar-refractivity contribution in [3.63, 3.8) is 0 Å². The van der Waals surface area contributed by atoms with Crippen molar-refractivity contribution in [1.29, 1.82) is 0 Å². The first kappa shape index (κ1) is 33.0. The number of hydrogen-bond acceptors (Lipinski definition) is 4. The van der Waals surface area contributed by atoms with Gasteiger partial charge in [0.05, 0.1) is 6.10 Å². The van der Waals surface area contributed by atoms with Gasteiger partial charge >= 0.3 is 6.03 Å². The lowest BCUT2D eigenvalue weighted by Crippen LogP contribution is -2.55. The van der Waals surface area contributed by atoms with Crippen LogP contribution in [0.5, 0.6) is 0 Å². The second kappa shape index (κ2) is 15.6. The Hall–Kier alpha value is -3.18. The Labute approximate surface area is 233 Å². The van der Waals surface area contributed by atoms with Crippen LogP contribution >= 0.6 is 0 Å². The fourth-order valence-corrected chi connectivity index (χ4v) is 4.39. The highest BCUT2D eigenvalue weighted by atomic mass is 19.3. The van der Waals surface area contributed by atoms with Crippen molar-refractivity contribution in [3.8, 4) is 0 Å². The van der Waals surface area contributed by atoms with Crippen LogP contribution in [0.15, 0.2) is 42.5 Å². The Balaban J connectivity index is 2.34. The molecule has 222 valence electrons. The molecule has 5 N–H and O–H groups in total. The van der Waals surface area contributed by atoms with E-state index in [4.69, 9.17) is 5.73 Å². The van der Waals surface area contributed by atoms with Crippen LogP contribution in [0.1, 0.15) is 56.2 Å². The molecule has 0 radical (unpaired) electrons. The maximum Gasteiger partial charge on any atom is 0.315 e. The molecule has 0 aliphatic rings. The van der Waals surface area contributed by atoms with Crippen molar-refractivity contribution < 1.29 is 32.3 Å². The predicted octanol–water partition coefficient (Wildman–Crippen LogP) is 4.30. The standard InChI is InChI=1S/C29H40F4N4O3/c1-4-6-10-29(32,33)16-25(36-28(40)35-3)27(39)37(17-20-9-7-8-19(5-2)11-20)18-26(38)24(34)14-21-12-22(30)15-23(31)13-21/h7-9,11-13,15,24-26,38H,4-6,10,14,16-18,34H2,1-3H3,(H2,35,36,40)/t24-,25+,26+/m0/s1. The lowest BCUT2D eigenvalue weighted by molar-refractivity contribution is -0.138. The summed E-state index contributed by atoms with van der Waals surface area (Å²) in [6.45, 7) is 3.33. The predicted molar refractivity (Wildman–Crippen MR) is 146 cm³/mol. The molecular formula is C29H40F4N4O3. The number of rotatable bonds is 15. The molecule has 3 atom stereocenters. The molecule has 0 aliphatic carbocycles. The molecule has 3 amide bonds. The molecule has 0 fully saturated rings. The van der Waals surface area contributed by atoms with Gasteiger partial charge in [0.25, 0.3) is 5.92 Å². The van der Waals surface area contributed by atoms with Gasteiger partial charge in [0.2, 0.25) is 5.91 Å². The zero-order valence-corrected chi connectivity index (χ0v) is 23.2. The topological polar surface area (TPSA) is 108 Å². The molecule has 40 heavy (non-hydrogen) atoms. The van der Waals surface area contributed by atoms with E-state index >= 15 is 0 Å². The van der Waals surface area contributed by atoms with Gasteiger partial charge in [-0.2, -0.15) is 0 Å². The van der Waals surface area contributed by atoms with E-state index in [9.17, 15) is 32.3 Å². The molecule has 0 unspecified atom stereocenters. The van der Waals surface area contributed by atoms with Crippen LogP contribution < -0.4 is 16.4 Å². The van der Waals surface area contributed by atoms with Gasteiger partial charge in [-0.1, -0.05) is 44.5 Å². The Morgan fingerprint density at radius 3 is 2.30 bits per heavy atom. The highest BCUT2D eigenvalue weighted by Gasteiger charge is 2.38. The van der Waals surface area contributed by atoms with Gasteiger partial charge in [0.15, 0.2) is 0 Å². The Morgan fingerprint density at radius 1 is 1.05 bits per heavy atom. The number of halogens is 4. The summed E-state index contributed by atoms with van der Waals surface area (Å²) in [5.74, 6) is -5.63. The van der Waals surface area contributed by atoms with Crippen molar-refractivity contribution in [2.45, 2.75) is 83.0 Å². The fourth-order valence-electron chi connectivity index (χ4n) is 4.39. The minimum atomic E-state index is -3.22. The van der Waals surface area contributed by atoms with Crippen LogP contribution in [0.25, 0.3) is 0 Å². The first-order valence-electron chi connectivity index (χ1n) is 13.5.